The van der Waals surface area contributed by atoms with Gasteiger partial charge in [-0.3, -0.25) is 19.8 Å². The quantitative estimate of drug-likeness (QED) is 0.331. The Kier molecular flexibility index (Phi) is 10.2. The third-order valence-corrected chi connectivity index (χ3v) is 6.95. The molecule has 1 unspecified atom stereocenters. The predicted octanol–water partition coefficient (Wildman–Crippen LogP) is 4.45. The van der Waals surface area contributed by atoms with Gasteiger partial charge in [0.25, 0.3) is 11.8 Å². The van der Waals surface area contributed by atoms with E-state index in [0.717, 1.165) is 29.3 Å². The average molecular weight is 591 g/mol. The number of benzene rings is 2. The van der Waals surface area contributed by atoms with Crippen molar-refractivity contribution in [1.29, 1.82) is 0 Å². The first-order chi connectivity index (χ1) is 20.1. The SMILES string of the molecule is COc1ccc(C2=CNN(C(=O)CCCCNC(=O)C3CCC[C@H](NC(=O)c4ccc(OC(F)(F)F)cc4)C3)O2)cc1. The van der Waals surface area contributed by atoms with Crippen molar-refractivity contribution in [2.45, 2.75) is 57.3 Å². The van der Waals surface area contributed by atoms with Gasteiger partial charge in [0.2, 0.25) is 5.91 Å². The van der Waals surface area contributed by atoms with Crippen LogP contribution in [-0.2, 0) is 14.4 Å². The van der Waals surface area contributed by atoms with Crippen molar-refractivity contribution in [3.05, 3.63) is 65.9 Å². The summed E-state index contributed by atoms with van der Waals surface area (Å²) in [6.45, 7) is 0.412. The van der Waals surface area contributed by atoms with Gasteiger partial charge in [-0.15, -0.1) is 13.2 Å². The number of nitrogens with zero attached hydrogens (tertiary/aromatic N) is 1. The maximum Gasteiger partial charge on any atom is 0.573 e. The summed E-state index contributed by atoms with van der Waals surface area (Å²) in [7, 11) is 1.58. The molecule has 3 amide bonds. The summed E-state index contributed by atoms with van der Waals surface area (Å²) in [4.78, 5) is 43.4. The minimum atomic E-state index is -4.81. The molecule has 0 radical (unpaired) electrons. The number of hydrogen-bond acceptors (Lipinski definition) is 7. The molecule has 226 valence electrons. The molecule has 1 aliphatic heterocycles. The van der Waals surface area contributed by atoms with E-state index >= 15 is 0 Å². The first kappa shape index (κ1) is 30.5. The molecule has 1 saturated carbocycles. The van der Waals surface area contributed by atoms with Crippen LogP contribution in [0.1, 0.15) is 60.9 Å². The number of hydrogen-bond donors (Lipinski definition) is 3. The number of methoxy groups -OCH3 is 1. The molecule has 4 rings (SSSR count). The molecule has 13 heteroatoms. The number of rotatable bonds is 11. The van der Waals surface area contributed by atoms with Gasteiger partial charge in [-0.2, -0.15) is 0 Å². The first-order valence-electron chi connectivity index (χ1n) is 13.7. The molecule has 0 spiro atoms. The number of hydroxylamine groups is 1. The third-order valence-electron chi connectivity index (χ3n) is 6.95. The molecule has 42 heavy (non-hydrogen) atoms. The molecule has 1 heterocycles. The maximum absolute atomic E-state index is 12.7. The highest BCUT2D eigenvalue weighted by molar-refractivity contribution is 5.94. The van der Waals surface area contributed by atoms with Crippen molar-refractivity contribution in [1.82, 2.24) is 21.2 Å². The molecule has 1 fully saturated rings. The fraction of sp³-hybridized carbons (Fsp3) is 0.414. The molecular weight excluding hydrogens is 557 g/mol. The Bertz CT molecular complexity index is 1270. The lowest BCUT2D eigenvalue weighted by Gasteiger charge is -2.29. The topological polar surface area (TPSA) is 118 Å². The highest BCUT2D eigenvalue weighted by atomic mass is 19.4. The Morgan fingerprint density at radius 1 is 1.02 bits per heavy atom. The van der Waals surface area contributed by atoms with E-state index in [9.17, 15) is 27.6 Å². The van der Waals surface area contributed by atoms with E-state index in [-0.39, 0.29) is 35.8 Å². The summed E-state index contributed by atoms with van der Waals surface area (Å²) in [6, 6.07) is 11.7. The number of carbonyl (C=O) groups excluding carboxylic acids is 3. The van der Waals surface area contributed by atoms with E-state index in [4.69, 9.17) is 9.57 Å². The van der Waals surface area contributed by atoms with Gasteiger partial charge in [0.15, 0.2) is 5.76 Å². The molecule has 2 aliphatic rings. The maximum atomic E-state index is 12.7. The van der Waals surface area contributed by atoms with E-state index in [1.165, 1.54) is 12.1 Å². The highest BCUT2D eigenvalue weighted by Gasteiger charge is 2.31. The molecule has 1 aliphatic carbocycles. The molecule has 2 aromatic rings. The zero-order valence-electron chi connectivity index (χ0n) is 23.0. The van der Waals surface area contributed by atoms with Crippen molar-refractivity contribution in [3.8, 4) is 11.5 Å². The van der Waals surface area contributed by atoms with Crippen LogP contribution in [0, 0.1) is 5.92 Å². The molecular formula is C29H33F3N4O6. The number of unbranched alkanes of at least 4 members (excludes halogenated alkanes) is 1. The number of carbonyl (C=O) groups is 3. The lowest BCUT2D eigenvalue weighted by molar-refractivity contribution is -0.274. The van der Waals surface area contributed by atoms with Crippen LogP contribution in [-0.4, -0.2) is 49.0 Å². The van der Waals surface area contributed by atoms with Crippen LogP contribution >= 0.6 is 0 Å². The van der Waals surface area contributed by atoms with Crippen LogP contribution in [0.4, 0.5) is 13.2 Å². The largest absolute Gasteiger partial charge is 0.573 e. The number of halogens is 3. The first-order valence-corrected chi connectivity index (χ1v) is 13.7. The van der Waals surface area contributed by atoms with Crippen molar-refractivity contribution >= 4 is 23.5 Å². The van der Waals surface area contributed by atoms with Gasteiger partial charge in [-0.25, -0.2) is 0 Å². The van der Waals surface area contributed by atoms with Crippen molar-refractivity contribution in [2.24, 2.45) is 5.92 Å². The Labute approximate surface area is 241 Å². The number of ether oxygens (including phenoxy) is 2. The Morgan fingerprint density at radius 2 is 1.74 bits per heavy atom. The third kappa shape index (κ3) is 8.79. The predicted molar refractivity (Wildman–Crippen MR) is 145 cm³/mol. The van der Waals surface area contributed by atoms with E-state index in [0.29, 0.717) is 50.2 Å². The van der Waals surface area contributed by atoms with Crippen LogP contribution in [0.25, 0.3) is 5.76 Å². The number of alkyl halides is 3. The summed E-state index contributed by atoms with van der Waals surface area (Å²) in [5.74, 6) is -0.222. The number of nitrogens with one attached hydrogen (secondary N) is 3. The molecule has 0 saturated heterocycles. The summed E-state index contributed by atoms with van der Waals surface area (Å²) < 4.78 is 46.0. The molecule has 0 bridgehead atoms. The number of hydrazine groups is 1. The summed E-state index contributed by atoms with van der Waals surface area (Å²) >= 11 is 0. The Morgan fingerprint density at radius 3 is 2.43 bits per heavy atom. The fourth-order valence-corrected chi connectivity index (χ4v) is 4.78. The zero-order valence-corrected chi connectivity index (χ0v) is 23.0. The van der Waals surface area contributed by atoms with E-state index < -0.39 is 18.0 Å². The van der Waals surface area contributed by atoms with Gasteiger partial charge in [0.05, 0.1) is 13.3 Å². The summed E-state index contributed by atoms with van der Waals surface area (Å²) in [5.41, 5.74) is 3.79. The van der Waals surface area contributed by atoms with Crippen LogP contribution in [0.2, 0.25) is 0 Å². The minimum Gasteiger partial charge on any atom is -0.497 e. The van der Waals surface area contributed by atoms with Gasteiger partial charge in [0, 0.05) is 36.1 Å². The second kappa shape index (κ2) is 14.0. The van der Waals surface area contributed by atoms with Crippen molar-refractivity contribution in [2.75, 3.05) is 13.7 Å². The van der Waals surface area contributed by atoms with Crippen molar-refractivity contribution in [3.63, 3.8) is 0 Å². The Balaban J connectivity index is 1.12. The molecule has 10 nitrogen and oxygen atoms in total. The van der Waals surface area contributed by atoms with E-state index in [1.807, 2.05) is 12.1 Å². The Hall–Kier alpha value is -4.42. The highest BCUT2D eigenvalue weighted by Crippen LogP contribution is 2.26. The second-order valence-corrected chi connectivity index (χ2v) is 10.00. The van der Waals surface area contributed by atoms with Gasteiger partial charge in [-0.1, -0.05) is 11.6 Å². The molecule has 3 N–H and O–H groups in total. The van der Waals surface area contributed by atoms with Crippen LogP contribution < -0.4 is 25.5 Å². The van der Waals surface area contributed by atoms with Crippen LogP contribution in [0.3, 0.4) is 0 Å². The fourth-order valence-electron chi connectivity index (χ4n) is 4.78. The van der Waals surface area contributed by atoms with Gasteiger partial charge in [-0.05, 0) is 80.6 Å². The smallest absolute Gasteiger partial charge is 0.497 e. The standard InChI is InChI=1S/C29H33F3N4O6/c1-40-23-12-8-19(9-13-23)25-18-34-36(42-25)26(37)7-2-3-16-33-27(38)21-5-4-6-22(17-21)35-28(39)20-10-14-24(15-11-20)41-29(30,31)32/h8-15,18,21-22,34H,2-7,16-17H2,1H3,(H,33,38)(H,35,39)/t21?,22-/m0/s1. The summed E-state index contributed by atoms with van der Waals surface area (Å²) in [6.07, 6.45) is 0.796. The number of amides is 3. The van der Waals surface area contributed by atoms with Gasteiger partial charge < -0.3 is 24.9 Å². The van der Waals surface area contributed by atoms with E-state index in [1.54, 1.807) is 25.4 Å². The zero-order chi connectivity index (χ0) is 30.1. The second-order valence-electron chi connectivity index (χ2n) is 10.00. The van der Waals surface area contributed by atoms with Crippen LogP contribution in [0.5, 0.6) is 11.5 Å². The lowest BCUT2D eigenvalue weighted by Crippen LogP contribution is -2.42. The van der Waals surface area contributed by atoms with E-state index in [2.05, 4.69) is 20.8 Å². The van der Waals surface area contributed by atoms with Crippen LogP contribution in [0.15, 0.2) is 54.7 Å². The molecule has 0 aromatic heterocycles. The molecule has 2 aromatic carbocycles. The normalized spacial score (nSPS) is 18.3. The average Bonchev–Trinajstić information content (AvgIpc) is 3.47. The monoisotopic (exact) mass is 590 g/mol. The summed E-state index contributed by atoms with van der Waals surface area (Å²) in [5, 5.41) is 6.87. The lowest BCUT2D eigenvalue weighted by atomic mass is 9.85. The van der Waals surface area contributed by atoms with Gasteiger partial charge >= 0.3 is 6.36 Å². The van der Waals surface area contributed by atoms with Crippen molar-refractivity contribution < 1.29 is 41.9 Å². The minimum absolute atomic E-state index is 0.105. The van der Waals surface area contributed by atoms with Gasteiger partial charge in [0.1, 0.15) is 11.5 Å². The molecule has 2 atom stereocenters.